The highest BCUT2D eigenvalue weighted by Gasteiger charge is 2.13. The smallest absolute Gasteiger partial charge is 0.226 e. The molecule has 0 saturated carbocycles. The molecule has 0 aromatic heterocycles. The molecule has 0 amide bonds. The van der Waals surface area contributed by atoms with E-state index in [9.17, 15) is 0 Å². The van der Waals surface area contributed by atoms with Gasteiger partial charge in [-0.3, -0.25) is 10.3 Å². The molecule has 102 valence electrons. The summed E-state index contributed by atoms with van der Waals surface area (Å²) in [5.41, 5.74) is 4.27. The lowest BCUT2D eigenvalue weighted by atomic mass is 10.2. The fourth-order valence-corrected chi connectivity index (χ4v) is 1.96. The van der Waals surface area contributed by atoms with Crippen molar-refractivity contribution in [3.05, 3.63) is 59.7 Å². The van der Waals surface area contributed by atoms with E-state index >= 15 is 0 Å². The molecule has 0 aliphatic heterocycles. The average molecular weight is 265 g/mol. The van der Waals surface area contributed by atoms with Crippen LogP contribution in [0.25, 0.3) is 0 Å². The number of hydrogen-bond acceptors (Lipinski definition) is 1. The molecular formula is C17H19N3. The van der Waals surface area contributed by atoms with Gasteiger partial charge in [0.1, 0.15) is 0 Å². The lowest BCUT2D eigenvalue weighted by molar-refractivity contribution is 1.25. The van der Waals surface area contributed by atoms with Crippen LogP contribution in [0.15, 0.2) is 53.5 Å². The summed E-state index contributed by atoms with van der Waals surface area (Å²) in [7, 11) is 0. The Morgan fingerprint density at radius 1 is 0.900 bits per heavy atom. The summed E-state index contributed by atoms with van der Waals surface area (Å²) < 4.78 is 0. The summed E-state index contributed by atoms with van der Waals surface area (Å²) >= 11 is 0. The van der Waals surface area contributed by atoms with Gasteiger partial charge >= 0.3 is 0 Å². The molecule has 1 N–H and O–H groups in total. The lowest BCUT2D eigenvalue weighted by Crippen LogP contribution is -2.23. The van der Waals surface area contributed by atoms with Crippen molar-refractivity contribution in [3.8, 4) is 0 Å². The first kappa shape index (κ1) is 14.0. The van der Waals surface area contributed by atoms with Gasteiger partial charge < -0.3 is 0 Å². The highest BCUT2D eigenvalue weighted by molar-refractivity contribution is 6.03. The van der Waals surface area contributed by atoms with Crippen molar-refractivity contribution in [3.63, 3.8) is 0 Å². The van der Waals surface area contributed by atoms with Gasteiger partial charge in [-0.05, 0) is 45.0 Å². The van der Waals surface area contributed by atoms with Crippen LogP contribution >= 0.6 is 0 Å². The molecule has 2 rings (SSSR count). The highest BCUT2D eigenvalue weighted by atomic mass is 15.3. The third kappa shape index (κ3) is 3.12. The van der Waals surface area contributed by atoms with Crippen LogP contribution in [0.3, 0.4) is 0 Å². The molecule has 3 heteroatoms. The molecule has 0 aliphatic rings. The number of rotatable bonds is 2. The molecule has 2 aromatic carbocycles. The number of aryl methyl sites for hydroxylation is 2. The number of hydrogen-bond donors (Lipinski definition) is 1. The van der Waals surface area contributed by atoms with Crippen molar-refractivity contribution < 1.29 is 0 Å². The van der Waals surface area contributed by atoms with E-state index in [4.69, 9.17) is 5.41 Å². The van der Waals surface area contributed by atoms with Crippen molar-refractivity contribution in [1.82, 2.24) is 0 Å². The standard InChI is InChI=1S/C17H19N3/c1-4-19-17(18)20(15-9-5-13(2)6-10-15)16-11-7-14(3)8-12-16/h4-12,18H,1-3H3. The summed E-state index contributed by atoms with van der Waals surface area (Å²) in [6.45, 7) is 5.92. The highest BCUT2D eigenvalue weighted by Crippen LogP contribution is 2.26. The first-order chi connectivity index (χ1) is 9.61. The average Bonchev–Trinajstić information content (AvgIpc) is 2.44. The Kier molecular flexibility index (Phi) is 4.31. The van der Waals surface area contributed by atoms with Crippen LogP contribution in [-0.2, 0) is 0 Å². The van der Waals surface area contributed by atoms with Crippen molar-refractivity contribution in [1.29, 1.82) is 5.41 Å². The second kappa shape index (κ2) is 6.15. The number of aliphatic imine (C=N–C) groups is 1. The Morgan fingerprint density at radius 2 is 1.30 bits per heavy atom. The number of anilines is 2. The van der Waals surface area contributed by atoms with E-state index in [1.807, 2.05) is 60.4 Å². The Labute approximate surface area is 120 Å². The molecule has 2 aromatic rings. The first-order valence-electron chi connectivity index (χ1n) is 6.62. The Bertz CT molecular complexity index is 564. The minimum atomic E-state index is 0.209. The minimum absolute atomic E-state index is 0.209. The molecule has 20 heavy (non-hydrogen) atoms. The molecule has 0 heterocycles. The molecule has 0 aliphatic carbocycles. The number of benzene rings is 2. The lowest BCUT2D eigenvalue weighted by Gasteiger charge is -2.23. The number of nitrogens with one attached hydrogen (secondary N) is 1. The van der Waals surface area contributed by atoms with Crippen LogP contribution in [0.1, 0.15) is 18.1 Å². The van der Waals surface area contributed by atoms with Gasteiger partial charge in [-0.1, -0.05) is 35.4 Å². The monoisotopic (exact) mass is 265 g/mol. The predicted molar refractivity (Wildman–Crippen MR) is 86.4 cm³/mol. The summed E-state index contributed by atoms with van der Waals surface area (Å²) in [6.07, 6.45) is 1.64. The first-order valence-corrected chi connectivity index (χ1v) is 6.62. The molecule has 0 unspecified atom stereocenters. The maximum atomic E-state index is 8.16. The van der Waals surface area contributed by atoms with Crippen molar-refractivity contribution >= 4 is 23.5 Å². The topological polar surface area (TPSA) is 39.5 Å². The van der Waals surface area contributed by atoms with Crippen LogP contribution < -0.4 is 4.90 Å². The van der Waals surface area contributed by atoms with Gasteiger partial charge in [-0.2, -0.15) is 0 Å². The van der Waals surface area contributed by atoms with E-state index in [0.717, 1.165) is 11.4 Å². The van der Waals surface area contributed by atoms with E-state index in [1.165, 1.54) is 11.1 Å². The Balaban J connectivity index is 2.46. The molecular weight excluding hydrogens is 246 g/mol. The van der Waals surface area contributed by atoms with Crippen LogP contribution in [0.5, 0.6) is 0 Å². The summed E-state index contributed by atoms with van der Waals surface area (Å²) in [5.74, 6) is 0.209. The largest absolute Gasteiger partial charge is 0.280 e. The zero-order valence-corrected chi connectivity index (χ0v) is 12.1. The third-order valence-corrected chi connectivity index (χ3v) is 3.05. The maximum Gasteiger partial charge on any atom is 0.226 e. The van der Waals surface area contributed by atoms with E-state index in [1.54, 1.807) is 6.21 Å². The van der Waals surface area contributed by atoms with Gasteiger partial charge in [0, 0.05) is 17.6 Å². The zero-order valence-electron chi connectivity index (χ0n) is 12.1. The molecule has 3 nitrogen and oxygen atoms in total. The Morgan fingerprint density at radius 3 is 1.65 bits per heavy atom. The van der Waals surface area contributed by atoms with Crippen molar-refractivity contribution in [2.45, 2.75) is 20.8 Å². The second-order valence-electron chi connectivity index (χ2n) is 4.72. The van der Waals surface area contributed by atoms with Gasteiger partial charge in [0.15, 0.2) is 0 Å². The van der Waals surface area contributed by atoms with Gasteiger partial charge in [0.05, 0.1) is 0 Å². The number of nitrogens with zero attached hydrogens (tertiary/aromatic N) is 2. The molecule has 0 radical (unpaired) electrons. The van der Waals surface area contributed by atoms with Gasteiger partial charge in [-0.15, -0.1) is 0 Å². The SMILES string of the molecule is CC=NC(=N)N(c1ccc(C)cc1)c1ccc(C)cc1. The molecule has 0 bridgehead atoms. The fourth-order valence-electron chi connectivity index (χ4n) is 1.96. The van der Waals surface area contributed by atoms with Crippen molar-refractivity contribution in [2.75, 3.05) is 4.90 Å². The normalized spacial score (nSPS) is 10.8. The van der Waals surface area contributed by atoms with E-state index in [2.05, 4.69) is 18.8 Å². The van der Waals surface area contributed by atoms with Crippen LogP contribution in [0.2, 0.25) is 0 Å². The molecule has 0 saturated heterocycles. The van der Waals surface area contributed by atoms with Crippen molar-refractivity contribution in [2.24, 2.45) is 4.99 Å². The van der Waals surface area contributed by atoms with E-state index in [-0.39, 0.29) is 5.96 Å². The van der Waals surface area contributed by atoms with Crippen LogP contribution in [0, 0.1) is 19.3 Å². The van der Waals surface area contributed by atoms with Gasteiger partial charge in [-0.25, -0.2) is 4.99 Å². The quantitative estimate of drug-likeness (QED) is 0.631. The van der Waals surface area contributed by atoms with Gasteiger partial charge in [0.25, 0.3) is 0 Å². The second-order valence-corrected chi connectivity index (χ2v) is 4.72. The van der Waals surface area contributed by atoms with E-state index in [0.29, 0.717) is 0 Å². The van der Waals surface area contributed by atoms with E-state index < -0.39 is 0 Å². The zero-order chi connectivity index (χ0) is 14.5. The van der Waals surface area contributed by atoms with Crippen LogP contribution in [-0.4, -0.2) is 12.2 Å². The molecule has 0 spiro atoms. The summed E-state index contributed by atoms with van der Waals surface area (Å²) in [5, 5.41) is 8.16. The molecule has 0 fully saturated rings. The summed E-state index contributed by atoms with van der Waals surface area (Å²) in [6, 6.07) is 16.2. The molecule has 0 atom stereocenters. The predicted octanol–water partition coefficient (Wildman–Crippen LogP) is 4.47. The minimum Gasteiger partial charge on any atom is -0.280 e. The summed E-state index contributed by atoms with van der Waals surface area (Å²) in [4.78, 5) is 5.94. The number of guanidine groups is 1. The van der Waals surface area contributed by atoms with Gasteiger partial charge in [0.2, 0.25) is 5.96 Å². The Hall–Kier alpha value is -2.42. The third-order valence-electron chi connectivity index (χ3n) is 3.05. The maximum absolute atomic E-state index is 8.16. The van der Waals surface area contributed by atoms with Crippen LogP contribution in [0.4, 0.5) is 11.4 Å². The fraction of sp³-hybridized carbons (Fsp3) is 0.176.